The first-order chi connectivity index (χ1) is 17.4. The second kappa shape index (κ2) is 11.8. The SMILES string of the molecule is C=CCOC(=O)C1=C(S[C@H]2CCN(C(=O)OCC=C)C2)C[C@@H]2[C@H]([C@H](CC)O[Si](C)(C)C(C)(C)C)C(=O)N12. The molecule has 3 rings (SSSR count). The van der Waals surface area contributed by atoms with Gasteiger partial charge in [-0.25, -0.2) is 9.59 Å². The summed E-state index contributed by atoms with van der Waals surface area (Å²) in [5.74, 6) is -0.860. The maximum Gasteiger partial charge on any atom is 0.410 e. The molecule has 0 unspecified atom stereocenters. The highest BCUT2D eigenvalue weighted by atomic mass is 32.2. The topological polar surface area (TPSA) is 85.4 Å². The number of likely N-dealkylation sites (tertiary alicyclic amines) is 1. The molecule has 0 saturated carbocycles. The number of β-lactam (4-membered cyclic amide) rings is 1. The molecule has 4 atom stereocenters. The lowest BCUT2D eigenvalue weighted by Gasteiger charge is -2.49. The number of nitrogens with zero attached hydrogens (tertiary/aromatic N) is 2. The number of hydrogen-bond donors (Lipinski definition) is 0. The van der Waals surface area contributed by atoms with Crippen molar-refractivity contribution in [2.45, 2.75) is 82.5 Å². The summed E-state index contributed by atoms with van der Waals surface area (Å²) in [6.45, 7) is 21.6. The number of hydrogen-bond acceptors (Lipinski definition) is 7. The Bertz CT molecular complexity index is 959. The molecule has 2 saturated heterocycles. The highest BCUT2D eigenvalue weighted by Gasteiger charge is 2.59. The number of esters is 1. The van der Waals surface area contributed by atoms with E-state index in [0.717, 1.165) is 17.7 Å². The molecular formula is C27H42N2O6SSi. The molecule has 37 heavy (non-hydrogen) atoms. The van der Waals surface area contributed by atoms with Crippen molar-refractivity contribution in [2.24, 2.45) is 5.92 Å². The molecule has 206 valence electrons. The van der Waals surface area contributed by atoms with Gasteiger partial charge in [0.05, 0.1) is 18.1 Å². The van der Waals surface area contributed by atoms with Gasteiger partial charge in [-0.15, -0.1) is 11.8 Å². The van der Waals surface area contributed by atoms with Gasteiger partial charge < -0.3 is 23.7 Å². The van der Waals surface area contributed by atoms with Gasteiger partial charge in [-0.05, 0) is 31.0 Å². The van der Waals surface area contributed by atoms with Crippen LogP contribution in [0.3, 0.4) is 0 Å². The molecule has 2 amide bonds. The lowest BCUT2D eigenvalue weighted by atomic mass is 9.82. The molecule has 0 radical (unpaired) electrons. The fraction of sp³-hybridized carbons (Fsp3) is 0.667. The average Bonchev–Trinajstić information content (AvgIpc) is 3.42. The summed E-state index contributed by atoms with van der Waals surface area (Å²) in [5.41, 5.74) is 0.341. The fourth-order valence-electron chi connectivity index (χ4n) is 4.79. The molecule has 3 heterocycles. The van der Waals surface area contributed by atoms with E-state index in [1.807, 2.05) is 0 Å². The monoisotopic (exact) mass is 550 g/mol. The standard InChI is InChI=1S/C27H42N2O6SSi/c1-9-14-33-25(31)23-21(36-18-12-13-28(17-18)26(32)34-15-10-2)16-19-22(24(30)29(19)23)20(11-3)35-37(7,8)27(4,5)6/h9-10,18-20,22H,1-2,11-17H2,3-8H3/t18-,19+,20-,22+/m0/s1. The molecule has 0 aromatic heterocycles. The number of amides is 2. The second-order valence-electron chi connectivity index (χ2n) is 11.3. The Kier molecular flexibility index (Phi) is 9.40. The third-order valence-corrected chi connectivity index (χ3v) is 13.7. The van der Waals surface area contributed by atoms with Crippen molar-refractivity contribution in [3.8, 4) is 0 Å². The van der Waals surface area contributed by atoms with Crippen LogP contribution in [0.1, 0.15) is 47.0 Å². The molecule has 0 aliphatic carbocycles. The Morgan fingerprint density at radius 3 is 2.43 bits per heavy atom. The lowest BCUT2D eigenvalue weighted by molar-refractivity contribution is -0.162. The van der Waals surface area contributed by atoms with Crippen molar-refractivity contribution in [1.29, 1.82) is 0 Å². The maximum absolute atomic E-state index is 13.5. The van der Waals surface area contributed by atoms with Crippen LogP contribution < -0.4 is 0 Å². The van der Waals surface area contributed by atoms with E-state index in [1.54, 1.807) is 27.6 Å². The van der Waals surface area contributed by atoms with Crippen molar-refractivity contribution in [3.63, 3.8) is 0 Å². The minimum Gasteiger partial charge on any atom is -0.457 e. The van der Waals surface area contributed by atoms with Crippen LogP contribution in [0.4, 0.5) is 4.79 Å². The van der Waals surface area contributed by atoms with E-state index >= 15 is 0 Å². The number of fused-ring (bicyclic) bond motifs is 1. The van der Waals surface area contributed by atoms with Crippen LogP contribution in [-0.4, -0.2) is 79.8 Å². The smallest absolute Gasteiger partial charge is 0.410 e. The molecule has 2 fully saturated rings. The highest BCUT2D eigenvalue weighted by molar-refractivity contribution is 8.03. The summed E-state index contributed by atoms with van der Waals surface area (Å²) in [5, 5.41) is 0.133. The number of carbonyl (C=O) groups excluding carboxylic acids is 3. The first-order valence-electron chi connectivity index (χ1n) is 13.1. The Balaban J connectivity index is 1.78. The van der Waals surface area contributed by atoms with Gasteiger partial charge in [0, 0.05) is 29.7 Å². The van der Waals surface area contributed by atoms with Crippen molar-refractivity contribution in [3.05, 3.63) is 35.9 Å². The van der Waals surface area contributed by atoms with E-state index < -0.39 is 14.3 Å². The van der Waals surface area contributed by atoms with Crippen LogP contribution in [0.25, 0.3) is 0 Å². The zero-order valence-corrected chi connectivity index (χ0v) is 24.9. The zero-order chi connectivity index (χ0) is 27.5. The lowest BCUT2D eigenvalue weighted by Crippen LogP contribution is -2.64. The van der Waals surface area contributed by atoms with Gasteiger partial charge in [0.25, 0.3) is 0 Å². The van der Waals surface area contributed by atoms with Crippen LogP contribution in [0.15, 0.2) is 35.9 Å². The van der Waals surface area contributed by atoms with Crippen LogP contribution in [0.5, 0.6) is 0 Å². The minimum absolute atomic E-state index is 0.0304. The van der Waals surface area contributed by atoms with Gasteiger partial charge >= 0.3 is 12.1 Å². The third-order valence-electron chi connectivity index (χ3n) is 7.79. The molecule has 10 heteroatoms. The van der Waals surface area contributed by atoms with E-state index in [1.165, 1.54) is 6.08 Å². The second-order valence-corrected chi connectivity index (χ2v) is 17.5. The van der Waals surface area contributed by atoms with E-state index in [0.29, 0.717) is 25.2 Å². The van der Waals surface area contributed by atoms with Crippen LogP contribution >= 0.6 is 11.8 Å². The molecule has 0 bridgehead atoms. The minimum atomic E-state index is -2.09. The molecule has 3 aliphatic rings. The van der Waals surface area contributed by atoms with Crippen LogP contribution in [0, 0.1) is 5.92 Å². The molecule has 0 aromatic carbocycles. The van der Waals surface area contributed by atoms with Gasteiger partial charge in [-0.3, -0.25) is 4.79 Å². The van der Waals surface area contributed by atoms with E-state index in [2.05, 4.69) is 53.9 Å². The zero-order valence-electron chi connectivity index (χ0n) is 23.1. The van der Waals surface area contributed by atoms with E-state index in [-0.39, 0.29) is 53.6 Å². The van der Waals surface area contributed by atoms with Crippen molar-refractivity contribution in [2.75, 3.05) is 26.3 Å². The summed E-state index contributed by atoms with van der Waals surface area (Å²) in [7, 11) is -2.09. The summed E-state index contributed by atoms with van der Waals surface area (Å²) in [6, 6.07) is -0.119. The first kappa shape index (κ1) is 29.5. The van der Waals surface area contributed by atoms with Crippen LogP contribution in [-0.2, 0) is 23.5 Å². The number of rotatable bonds is 11. The fourth-order valence-corrected chi connectivity index (χ4v) is 7.65. The molecule has 0 aromatic rings. The van der Waals surface area contributed by atoms with Gasteiger partial charge in [0.2, 0.25) is 5.91 Å². The largest absolute Gasteiger partial charge is 0.457 e. The highest BCUT2D eigenvalue weighted by Crippen LogP contribution is 2.51. The predicted octanol–water partition coefficient (Wildman–Crippen LogP) is 5.09. The summed E-state index contributed by atoms with van der Waals surface area (Å²) in [4.78, 5) is 43.0. The van der Waals surface area contributed by atoms with Crippen LogP contribution in [0.2, 0.25) is 18.1 Å². The Labute approximate surface area is 226 Å². The predicted molar refractivity (Wildman–Crippen MR) is 148 cm³/mol. The van der Waals surface area contributed by atoms with E-state index in [4.69, 9.17) is 13.9 Å². The number of carbonyl (C=O) groups is 3. The first-order valence-corrected chi connectivity index (χ1v) is 16.9. The molecule has 0 N–H and O–H groups in total. The third kappa shape index (κ3) is 6.17. The maximum atomic E-state index is 13.5. The average molecular weight is 551 g/mol. The summed E-state index contributed by atoms with van der Waals surface area (Å²) < 4.78 is 17.3. The van der Waals surface area contributed by atoms with E-state index in [9.17, 15) is 14.4 Å². The van der Waals surface area contributed by atoms with Gasteiger partial charge in [-0.1, -0.05) is 53.0 Å². The van der Waals surface area contributed by atoms with Gasteiger partial charge in [0.1, 0.15) is 18.9 Å². The Morgan fingerprint density at radius 1 is 1.19 bits per heavy atom. The molecule has 8 nitrogen and oxygen atoms in total. The molecular weight excluding hydrogens is 508 g/mol. The molecule has 0 spiro atoms. The van der Waals surface area contributed by atoms with Crippen molar-refractivity contribution < 1.29 is 28.3 Å². The summed E-state index contributed by atoms with van der Waals surface area (Å²) >= 11 is 1.58. The molecule has 3 aliphatic heterocycles. The normalized spacial score (nSPS) is 24.5. The van der Waals surface area contributed by atoms with Gasteiger partial charge in [-0.2, -0.15) is 0 Å². The van der Waals surface area contributed by atoms with Crippen molar-refractivity contribution >= 4 is 38.0 Å². The van der Waals surface area contributed by atoms with Gasteiger partial charge in [0.15, 0.2) is 8.32 Å². The quantitative estimate of drug-likeness (QED) is 0.153. The number of thioether (sulfide) groups is 1. The Morgan fingerprint density at radius 2 is 1.84 bits per heavy atom. The number of ether oxygens (including phenoxy) is 2. The summed E-state index contributed by atoms with van der Waals surface area (Å²) in [6.07, 6.45) is 4.61. The Hall–Kier alpha value is -2.04. The van der Waals surface area contributed by atoms with Crippen molar-refractivity contribution in [1.82, 2.24) is 9.80 Å².